The highest BCUT2D eigenvalue weighted by Gasteiger charge is 2.38. The van der Waals surface area contributed by atoms with Gasteiger partial charge in [-0.1, -0.05) is 0 Å². The average Bonchev–Trinajstić information content (AvgIpc) is 2.18. The summed E-state index contributed by atoms with van der Waals surface area (Å²) in [5.74, 6) is -1.08. The fourth-order valence-electron chi connectivity index (χ4n) is 1.18. The Morgan fingerprint density at radius 2 is 2.00 bits per heavy atom. The van der Waals surface area contributed by atoms with Gasteiger partial charge in [-0.05, 0) is 28.1 Å². The zero-order chi connectivity index (χ0) is 12.5. The molecular formula is C9H7BrF3NO2. The number of esters is 1. The van der Waals surface area contributed by atoms with E-state index in [9.17, 15) is 18.0 Å². The molecular weight excluding hydrogens is 291 g/mol. The number of benzene rings is 1. The molecule has 1 aromatic rings. The van der Waals surface area contributed by atoms with Crippen molar-refractivity contribution < 1.29 is 22.7 Å². The van der Waals surface area contributed by atoms with Crippen LogP contribution in [0.4, 0.5) is 18.9 Å². The van der Waals surface area contributed by atoms with Crippen LogP contribution < -0.4 is 5.73 Å². The number of methoxy groups -OCH3 is 1. The van der Waals surface area contributed by atoms with Crippen molar-refractivity contribution in [3.8, 4) is 0 Å². The molecule has 16 heavy (non-hydrogen) atoms. The number of rotatable bonds is 1. The van der Waals surface area contributed by atoms with Gasteiger partial charge in [0.15, 0.2) is 0 Å². The summed E-state index contributed by atoms with van der Waals surface area (Å²) in [6.45, 7) is 0. The molecule has 0 amide bonds. The third-order valence-corrected chi connectivity index (χ3v) is 2.57. The molecule has 0 bridgehead atoms. The van der Waals surface area contributed by atoms with Crippen LogP contribution in [0.1, 0.15) is 15.9 Å². The van der Waals surface area contributed by atoms with Gasteiger partial charge in [0.2, 0.25) is 0 Å². The Balaban J connectivity index is 3.52. The van der Waals surface area contributed by atoms with Crippen molar-refractivity contribution in [1.29, 1.82) is 0 Å². The average molecular weight is 298 g/mol. The van der Waals surface area contributed by atoms with Gasteiger partial charge in [-0.25, -0.2) is 4.79 Å². The molecule has 7 heteroatoms. The number of nitrogen functional groups attached to an aromatic ring is 1. The van der Waals surface area contributed by atoms with E-state index in [1.54, 1.807) is 0 Å². The van der Waals surface area contributed by atoms with Crippen LogP contribution in [0.5, 0.6) is 0 Å². The van der Waals surface area contributed by atoms with Crippen LogP contribution >= 0.6 is 15.9 Å². The number of anilines is 1. The van der Waals surface area contributed by atoms with E-state index in [-0.39, 0.29) is 4.47 Å². The molecule has 0 heterocycles. The summed E-state index contributed by atoms with van der Waals surface area (Å²) in [6.07, 6.45) is -4.71. The number of carbonyl (C=O) groups excluding carboxylic acids is 1. The predicted octanol–water partition coefficient (Wildman–Crippen LogP) is 2.84. The molecule has 0 unspecified atom stereocenters. The fraction of sp³-hybridized carbons (Fsp3) is 0.222. The SMILES string of the molecule is COC(=O)c1ccc(Br)c(N)c1C(F)(F)F. The number of ether oxygens (including phenoxy) is 1. The zero-order valence-electron chi connectivity index (χ0n) is 8.06. The van der Waals surface area contributed by atoms with Gasteiger partial charge in [-0.3, -0.25) is 0 Å². The van der Waals surface area contributed by atoms with Crippen LogP contribution in [0, 0.1) is 0 Å². The largest absolute Gasteiger partial charge is 0.465 e. The van der Waals surface area contributed by atoms with Crippen molar-refractivity contribution in [3.05, 3.63) is 27.7 Å². The summed E-state index contributed by atoms with van der Waals surface area (Å²) in [7, 11) is 1.00. The molecule has 2 N–H and O–H groups in total. The van der Waals surface area contributed by atoms with Gasteiger partial charge >= 0.3 is 12.1 Å². The van der Waals surface area contributed by atoms with E-state index in [4.69, 9.17) is 5.73 Å². The van der Waals surface area contributed by atoms with Crippen LogP contribution in [0.25, 0.3) is 0 Å². The van der Waals surface area contributed by atoms with E-state index in [1.165, 1.54) is 6.07 Å². The first-order chi connectivity index (χ1) is 7.29. The van der Waals surface area contributed by atoms with Crippen molar-refractivity contribution in [3.63, 3.8) is 0 Å². The van der Waals surface area contributed by atoms with Crippen molar-refractivity contribution >= 4 is 27.6 Å². The van der Waals surface area contributed by atoms with Crippen LogP contribution in [0.2, 0.25) is 0 Å². The first kappa shape index (κ1) is 12.8. The highest BCUT2D eigenvalue weighted by Crippen LogP contribution is 2.39. The maximum atomic E-state index is 12.7. The van der Waals surface area contributed by atoms with E-state index in [2.05, 4.69) is 20.7 Å². The lowest BCUT2D eigenvalue weighted by molar-refractivity contribution is -0.137. The Morgan fingerprint density at radius 1 is 1.44 bits per heavy atom. The standard InChI is InChI=1S/C9H7BrF3NO2/c1-16-8(15)4-2-3-5(10)7(14)6(4)9(11,12)13/h2-3H,14H2,1H3. The first-order valence-electron chi connectivity index (χ1n) is 4.02. The molecule has 1 aromatic carbocycles. The van der Waals surface area contributed by atoms with Crippen molar-refractivity contribution in [2.45, 2.75) is 6.18 Å². The topological polar surface area (TPSA) is 52.3 Å². The number of hydrogen-bond donors (Lipinski definition) is 1. The lowest BCUT2D eigenvalue weighted by Crippen LogP contribution is -2.17. The van der Waals surface area contributed by atoms with Gasteiger partial charge in [0.1, 0.15) is 0 Å². The van der Waals surface area contributed by atoms with E-state index in [0.29, 0.717) is 0 Å². The molecule has 0 aliphatic rings. The number of carbonyl (C=O) groups is 1. The lowest BCUT2D eigenvalue weighted by atomic mass is 10.1. The van der Waals surface area contributed by atoms with Crippen molar-refractivity contribution in [1.82, 2.24) is 0 Å². The van der Waals surface area contributed by atoms with E-state index >= 15 is 0 Å². The minimum Gasteiger partial charge on any atom is -0.465 e. The highest BCUT2D eigenvalue weighted by atomic mass is 79.9. The summed E-state index contributed by atoms with van der Waals surface area (Å²) in [4.78, 5) is 11.2. The molecule has 88 valence electrons. The smallest absolute Gasteiger partial charge is 0.419 e. The molecule has 0 aliphatic carbocycles. The summed E-state index contributed by atoms with van der Waals surface area (Å²) < 4.78 is 42.4. The lowest BCUT2D eigenvalue weighted by Gasteiger charge is -2.14. The van der Waals surface area contributed by atoms with Crippen LogP contribution in [-0.2, 0) is 10.9 Å². The zero-order valence-corrected chi connectivity index (χ0v) is 9.65. The quantitative estimate of drug-likeness (QED) is 0.640. The fourth-order valence-corrected chi connectivity index (χ4v) is 1.51. The number of alkyl halides is 3. The minimum atomic E-state index is -4.71. The van der Waals surface area contributed by atoms with Gasteiger partial charge < -0.3 is 10.5 Å². The number of hydrogen-bond acceptors (Lipinski definition) is 3. The molecule has 0 radical (unpaired) electrons. The summed E-state index contributed by atoms with van der Waals surface area (Å²) >= 11 is 2.87. The summed E-state index contributed by atoms with van der Waals surface area (Å²) in [5.41, 5.74) is 2.97. The van der Waals surface area contributed by atoms with Gasteiger partial charge in [0, 0.05) is 4.47 Å². The monoisotopic (exact) mass is 297 g/mol. The maximum absolute atomic E-state index is 12.7. The molecule has 0 fully saturated rings. The third-order valence-electron chi connectivity index (χ3n) is 1.88. The molecule has 0 aliphatic heterocycles. The minimum absolute atomic E-state index is 0.0764. The van der Waals surface area contributed by atoms with Crippen LogP contribution in [-0.4, -0.2) is 13.1 Å². The maximum Gasteiger partial charge on any atom is 0.419 e. The molecule has 0 saturated heterocycles. The van der Waals surface area contributed by atoms with Gasteiger partial charge in [0.05, 0.1) is 23.9 Å². The molecule has 0 spiro atoms. The van der Waals surface area contributed by atoms with Gasteiger partial charge in [0.25, 0.3) is 0 Å². The van der Waals surface area contributed by atoms with E-state index < -0.39 is 29.0 Å². The number of halogens is 4. The first-order valence-corrected chi connectivity index (χ1v) is 4.81. The Hall–Kier alpha value is -1.24. The molecule has 3 nitrogen and oxygen atoms in total. The second-order valence-electron chi connectivity index (χ2n) is 2.87. The van der Waals surface area contributed by atoms with Crippen LogP contribution in [0.3, 0.4) is 0 Å². The van der Waals surface area contributed by atoms with Gasteiger partial charge in [-0.15, -0.1) is 0 Å². The third kappa shape index (κ3) is 2.29. The van der Waals surface area contributed by atoms with E-state index in [0.717, 1.165) is 13.2 Å². The Labute approximate surface area is 97.5 Å². The van der Waals surface area contributed by atoms with Crippen molar-refractivity contribution in [2.75, 3.05) is 12.8 Å². The second-order valence-corrected chi connectivity index (χ2v) is 3.73. The summed E-state index contributed by atoms with van der Waals surface area (Å²) in [6, 6.07) is 2.27. The second kappa shape index (κ2) is 4.32. The summed E-state index contributed by atoms with van der Waals surface area (Å²) in [5, 5.41) is 0. The highest BCUT2D eigenvalue weighted by molar-refractivity contribution is 9.10. The molecule has 1 rings (SSSR count). The van der Waals surface area contributed by atoms with Crippen molar-refractivity contribution in [2.24, 2.45) is 0 Å². The Morgan fingerprint density at radius 3 is 2.44 bits per heavy atom. The van der Waals surface area contributed by atoms with Gasteiger partial charge in [-0.2, -0.15) is 13.2 Å². The normalized spacial score (nSPS) is 11.3. The molecule has 0 aromatic heterocycles. The van der Waals surface area contributed by atoms with E-state index in [1.807, 2.05) is 0 Å². The number of nitrogens with two attached hydrogens (primary N) is 1. The Kier molecular flexibility index (Phi) is 3.47. The predicted molar refractivity (Wildman–Crippen MR) is 54.9 cm³/mol. The molecule has 0 saturated carbocycles. The molecule has 0 atom stereocenters. The Bertz CT molecular complexity index is 431. The van der Waals surface area contributed by atoms with Crippen LogP contribution in [0.15, 0.2) is 16.6 Å².